The van der Waals surface area contributed by atoms with Crippen LogP contribution in [0.1, 0.15) is 28.2 Å². The minimum atomic E-state index is -1.40. The highest BCUT2D eigenvalue weighted by molar-refractivity contribution is 6.04. The first-order chi connectivity index (χ1) is 19.4. The summed E-state index contributed by atoms with van der Waals surface area (Å²) in [6.07, 6.45) is 1.15. The van der Waals surface area contributed by atoms with Crippen molar-refractivity contribution in [2.75, 3.05) is 14.2 Å². The molecule has 1 aliphatic carbocycles. The summed E-state index contributed by atoms with van der Waals surface area (Å²) in [6.45, 7) is 0. The molecule has 214 valence electrons. The Balaban J connectivity index is 1.84. The molecule has 3 aromatic carbocycles. The third-order valence-corrected chi connectivity index (χ3v) is 6.84. The predicted octanol–water partition coefficient (Wildman–Crippen LogP) is 2.14. The zero-order valence-electron chi connectivity index (χ0n) is 21.9. The van der Waals surface area contributed by atoms with Gasteiger partial charge >= 0.3 is 11.9 Å². The second-order valence-electron chi connectivity index (χ2n) is 9.38. The van der Waals surface area contributed by atoms with Gasteiger partial charge in [0.25, 0.3) is 0 Å². The lowest BCUT2D eigenvalue weighted by Gasteiger charge is -2.34. The Labute approximate surface area is 233 Å². The summed E-state index contributed by atoms with van der Waals surface area (Å²) in [7, 11) is 2.22. The van der Waals surface area contributed by atoms with Gasteiger partial charge in [0.1, 0.15) is 6.04 Å². The van der Waals surface area contributed by atoms with Gasteiger partial charge < -0.3 is 45.4 Å². The van der Waals surface area contributed by atoms with Crippen LogP contribution in [0.15, 0.2) is 54.1 Å². The average Bonchev–Trinajstić information content (AvgIpc) is 2.95. The zero-order valence-corrected chi connectivity index (χ0v) is 21.9. The second-order valence-corrected chi connectivity index (χ2v) is 9.38. The van der Waals surface area contributed by atoms with Crippen LogP contribution in [-0.4, -0.2) is 68.7 Å². The van der Waals surface area contributed by atoms with Gasteiger partial charge in [0.2, 0.25) is 5.91 Å². The molecular formula is C29H27NO11. The maximum atomic E-state index is 14.0. The standard InChI is InChI=1S/C29H27NO11/c1-40-28(38)17-9-15-11-23(35)24(36)12-16(15)25(14-4-6-20(32)22(34)10-14)26(17)27(37)30-18(29(39)41-2)7-13-3-5-19(31)21(33)8-13/h3-6,8-12,18,25-26,31-36H,7H2,1-2H3,(H,30,37)/t18-,25+,26?/m0/s1. The van der Waals surface area contributed by atoms with Crippen molar-refractivity contribution in [1.82, 2.24) is 5.32 Å². The molecule has 0 bridgehead atoms. The summed E-state index contributed by atoms with van der Waals surface area (Å²) in [6, 6.07) is 8.74. The van der Waals surface area contributed by atoms with Gasteiger partial charge in [-0.3, -0.25) is 4.79 Å². The van der Waals surface area contributed by atoms with Crippen LogP contribution in [0.2, 0.25) is 0 Å². The second kappa shape index (κ2) is 11.4. The number of nitrogens with one attached hydrogen (secondary N) is 1. The van der Waals surface area contributed by atoms with Crippen molar-refractivity contribution in [2.24, 2.45) is 5.92 Å². The van der Waals surface area contributed by atoms with Crippen LogP contribution >= 0.6 is 0 Å². The van der Waals surface area contributed by atoms with Crippen LogP contribution in [0.3, 0.4) is 0 Å². The van der Waals surface area contributed by atoms with E-state index in [2.05, 4.69) is 5.32 Å². The molecule has 12 heteroatoms. The monoisotopic (exact) mass is 565 g/mol. The van der Waals surface area contributed by atoms with E-state index in [9.17, 15) is 45.0 Å². The minimum Gasteiger partial charge on any atom is -0.504 e. The number of phenols is 6. The smallest absolute Gasteiger partial charge is 0.334 e. The number of rotatable bonds is 7. The predicted molar refractivity (Wildman–Crippen MR) is 142 cm³/mol. The van der Waals surface area contributed by atoms with E-state index in [0.717, 1.165) is 14.2 Å². The fourth-order valence-electron chi connectivity index (χ4n) is 4.85. The van der Waals surface area contributed by atoms with Gasteiger partial charge in [0.05, 0.1) is 25.7 Å². The van der Waals surface area contributed by atoms with E-state index in [-0.39, 0.29) is 34.4 Å². The van der Waals surface area contributed by atoms with Crippen LogP contribution in [0.5, 0.6) is 34.5 Å². The number of methoxy groups -OCH3 is 2. The summed E-state index contributed by atoms with van der Waals surface area (Å²) in [5, 5.41) is 62.6. The molecule has 0 saturated carbocycles. The molecule has 3 atom stereocenters. The van der Waals surface area contributed by atoms with Crippen molar-refractivity contribution in [3.05, 3.63) is 76.4 Å². The fraction of sp³-hybridized carbons (Fsp3) is 0.207. The summed E-state index contributed by atoms with van der Waals surface area (Å²) in [4.78, 5) is 39.6. The number of hydrogen-bond acceptors (Lipinski definition) is 11. The van der Waals surface area contributed by atoms with E-state index in [1.54, 1.807) is 0 Å². The summed E-state index contributed by atoms with van der Waals surface area (Å²) in [5.41, 5.74) is 1.02. The molecule has 0 radical (unpaired) electrons. The number of amides is 1. The molecule has 0 saturated heterocycles. The van der Waals surface area contributed by atoms with Gasteiger partial charge in [-0.25, -0.2) is 9.59 Å². The largest absolute Gasteiger partial charge is 0.504 e. The van der Waals surface area contributed by atoms with Gasteiger partial charge in [-0.1, -0.05) is 12.1 Å². The summed E-state index contributed by atoms with van der Waals surface area (Å²) in [5.74, 6) is -7.82. The average molecular weight is 566 g/mol. The molecule has 4 rings (SSSR count). The SMILES string of the molecule is COC(=O)C1=Cc2cc(O)c(O)cc2[C@@H](c2ccc(O)c(O)c2)C1C(=O)N[C@@H](Cc1ccc(O)c(O)c1)C(=O)OC. The Morgan fingerprint density at radius 2 is 1.39 bits per heavy atom. The van der Waals surface area contributed by atoms with Crippen LogP contribution in [-0.2, 0) is 30.3 Å². The molecular weight excluding hydrogens is 538 g/mol. The first-order valence-electron chi connectivity index (χ1n) is 12.2. The van der Waals surface area contributed by atoms with Crippen molar-refractivity contribution < 1.29 is 54.5 Å². The van der Waals surface area contributed by atoms with Crippen molar-refractivity contribution in [3.63, 3.8) is 0 Å². The van der Waals surface area contributed by atoms with E-state index < -0.39 is 64.5 Å². The molecule has 0 aromatic heterocycles. The Hall–Kier alpha value is -5.39. The molecule has 0 spiro atoms. The molecule has 1 aliphatic rings. The number of fused-ring (bicyclic) bond motifs is 1. The fourth-order valence-corrected chi connectivity index (χ4v) is 4.85. The Bertz CT molecular complexity index is 1560. The van der Waals surface area contributed by atoms with Crippen LogP contribution in [0.4, 0.5) is 0 Å². The number of hydrogen-bond donors (Lipinski definition) is 7. The van der Waals surface area contributed by atoms with Crippen LogP contribution in [0, 0.1) is 5.92 Å². The van der Waals surface area contributed by atoms with Crippen LogP contribution < -0.4 is 5.32 Å². The molecule has 0 aliphatic heterocycles. The highest BCUT2D eigenvalue weighted by atomic mass is 16.5. The van der Waals surface area contributed by atoms with Gasteiger partial charge in [-0.05, 0) is 64.7 Å². The van der Waals surface area contributed by atoms with E-state index in [1.165, 1.54) is 54.6 Å². The summed E-state index contributed by atoms with van der Waals surface area (Å²) >= 11 is 0. The highest BCUT2D eigenvalue weighted by Crippen LogP contribution is 2.47. The van der Waals surface area contributed by atoms with E-state index >= 15 is 0 Å². The van der Waals surface area contributed by atoms with Gasteiger partial charge in [-0.2, -0.15) is 0 Å². The number of benzene rings is 3. The van der Waals surface area contributed by atoms with Crippen LogP contribution in [0.25, 0.3) is 6.08 Å². The Morgan fingerprint density at radius 3 is 2.00 bits per heavy atom. The third-order valence-electron chi connectivity index (χ3n) is 6.84. The number of carbonyl (C=O) groups is 3. The number of aromatic hydroxyl groups is 6. The first-order valence-corrected chi connectivity index (χ1v) is 12.2. The first kappa shape index (κ1) is 28.6. The lowest BCUT2D eigenvalue weighted by atomic mass is 9.70. The highest BCUT2D eigenvalue weighted by Gasteiger charge is 2.43. The molecule has 41 heavy (non-hydrogen) atoms. The Kier molecular flexibility index (Phi) is 7.94. The normalized spacial score (nSPS) is 16.6. The number of ether oxygens (including phenoxy) is 2. The number of esters is 2. The molecule has 12 nitrogen and oxygen atoms in total. The molecule has 1 amide bonds. The summed E-state index contributed by atoms with van der Waals surface area (Å²) < 4.78 is 9.78. The van der Waals surface area contributed by atoms with Crippen molar-refractivity contribution in [2.45, 2.75) is 18.4 Å². The van der Waals surface area contributed by atoms with Crippen molar-refractivity contribution >= 4 is 23.9 Å². The quantitative estimate of drug-likeness (QED) is 0.163. The van der Waals surface area contributed by atoms with E-state index in [1.807, 2.05) is 0 Å². The maximum absolute atomic E-state index is 14.0. The number of carbonyl (C=O) groups excluding carboxylic acids is 3. The van der Waals surface area contributed by atoms with Gasteiger partial charge in [-0.15, -0.1) is 0 Å². The topological polar surface area (TPSA) is 203 Å². The lowest BCUT2D eigenvalue weighted by Crippen LogP contribution is -2.48. The molecule has 0 fully saturated rings. The maximum Gasteiger partial charge on any atom is 0.334 e. The lowest BCUT2D eigenvalue weighted by molar-refractivity contribution is -0.145. The van der Waals surface area contributed by atoms with Crippen molar-refractivity contribution in [3.8, 4) is 34.5 Å². The molecule has 3 aromatic rings. The minimum absolute atomic E-state index is 0.161. The zero-order chi connectivity index (χ0) is 30.0. The molecule has 0 heterocycles. The number of phenolic OH excluding ortho intramolecular Hbond substituents is 6. The Morgan fingerprint density at radius 1 is 0.780 bits per heavy atom. The molecule has 7 N–H and O–H groups in total. The van der Waals surface area contributed by atoms with E-state index in [0.29, 0.717) is 5.56 Å². The van der Waals surface area contributed by atoms with Gasteiger partial charge in [0, 0.05) is 12.3 Å². The van der Waals surface area contributed by atoms with Crippen molar-refractivity contribution in [1.29, 1.82) is 0 Å². The van der Waals surface area contributed by atoms with Gasteiger partial charge in [0.15, 0.2) is 34.5 Å². The van der Waals surface area contributed by atoms with E-state index in [4.69, 9.17) is 9.47 Å². The molecule has 1 unspecified atom stereocenters. The third kappa shape index (κ3) is 5.66.